The first-order valence-electron chi connectivity index (χ1n) is 7.74. The highest BCUT2D eigenvalue weighted by Crippen LogP contribution is 2.16. The van der Waals surface area contributed by atoms with Gasteiger partial charge >= 0.3 is 0 Å². The molecule has 122 valence electrons. The molecule has 2 rings (SSSR count). The van der Waals surface area contributed by atoms with Crippen molar-refractivity contribution in [2.24, 2.45) is 0 Å². The van der Waals surface area contributed by atoms with E-state index in [4.69, 9.17) is 12.2 Å². The predicted octanol–water partition coefficient (Wildman–Crippen LogP) is 1.77. The van der Waals surface area contributed by atoms with E-state index in [1.54, 1.807) is 0 Å². The Morgan fingerprint density at radius 1 is 1.18 bits per heavy atom. The van der Waals surface area contributed by atoms with Crippen LogP contribution in [0, 0.1) is 5.82 Å². The zero-order valence-electron chi connectivity index (χ0n) is 13.4. The van der Waals surface area contributed by atoms with Crippen molar-refractivity contribution in [3.8, 4) is 0 Å². The summed E-state index contributed by atoms with van der Waals surface area (Å²) in [7, 11) is 4.15. The highest BCUT2D eigenvalue weighted by atomic mass is 32.1. The Labute approximate surface area is 137 Å². The second-order valence-corrected chi connectivity index (χ2v) is 6.23. The minimum Gasteiger partial charge on any atom is -0.368 e. The molecule has 0 saturated carbocycles. The zero-order chi connectivity index (χ0) is 15.9. The zero-order valence-corrected chi connectivity index (χ0v) is 14.2. The molecule has 1 aliphatic rings. The normalized spacial score (nSPS) is 15.3. The van der Waals surface area contributed by atoms with E-state index in [1.165, 1.54) is 12.1 Å². The average molecular weight is 324 g/mol. The van der Waals surface area contributed by atoms with Gasteiger partial charge in [-0.05, 0) is 63.5 Å². The molecule has 0 bridgehead atoms. The summed E-state index contributed by atoms with van der Waals surface area (Å²) in [6.07, 6.45) is 1.09. The quantitative estimate of drug-likeness (QED) is 0.656. The molecule has 1 aliphatic heterocycles. The van der Waals surface area contributed by atoms with E-state index in [1.807, 2.05) is 12.1 Å². The number of nitrogens with one attached hydrogen (secondary N) is 1. The molecular weight excluding hydrogens is 299 g/mol. The Morgan fingerprint density at radius 2 is 1.82 bits per heavy atom. The lowest BCUT2D eigenvalue weighted by molar-refractivity contribution is 0.373. The van der Waals surface area contributed by atoms with Crippen molar-refractivity contribution in [1.82, 2.24) is 15.1 Å². The van der Waals surface area contributed by atoms with Gasteiger partial charge in [-0.25, -0.2) is 4.39 Å². The molecule has 6 heteroatoms. The van der Waals surface area contributed by atoms with Crippen LogP contribution in [0.2, 0.25) is 0 Å². The number of hydrogen-bond donors (Lipinski definition) is 1. The van der Waals surface area contributed by atoms with E-state index in [9.17, 15) is 4.39 Å². The fraction of sp³-hybridized carbons (Fsp3) is 0.562. The molecule has 0 atom stereocenters. The molecule has 1 aromatic rings. The maximum atomic E-state index is 13.0. The van der Waals surface area contributed by atoms with Gasteiger partial charge in [0, 0.05) is 38.4 Å². The van der Waals surface area contributed by atoms with Gasteiger partial charge in [0.15, 0.2) is 5.11 Å². The van der Waals surface area contributed by atoms with Gasteiger partial charge in [0.2, 0.25) is 0 Å². The van der Waals surface area contributed by atoms with Crippen LogP contribution < -0.4 is 10.2 Å². The summed E-state index contributed by atoms with van der Waals surface area (Å²) in [5.74, 6) is -0.189. The van der Waals surface area contributed by atoms with Gasteiger partial charge in [-0.15, -0.1) is 0 Å². The molecule has 0 aromatic heterocycles. The molecule has 0 unspecified atom stereocenters. The van der Waals surface area contributed by atoms with Crippen LogP contribution in [0.1, 0.15) is 6.42 Å². The van der Waals surface area contributed by atoms with Crippen molar-refractivity contribution in [3.05, 3.63) is 30.1 Å². The SMILES string of the molecule is CN(C)CCCNC(=S)N1CCN(c2ccc(F)cc2)CC1. The lowest BCUT2D eigenvalue weighted by atomic mass is 10.2. The van der Waals surface area contributed by atoms with Crippen molar-refractivity contribution in [2.45, 2.75) is 6.42 Å². The standard InChI is InChI=1S/C16H25FN4S/c1-19(2)9-3-8-18-16(22)21-12-10-20(11-13-21)15-6-4-14(17)5-7-15/h4-7H,3,8-13H2,1-2H3,(H,18,22). The minimum atomic E-state index is -0.189. The van der Waals surface area contributed by atoms with E-state index in [-0.39, 0.29) is 5.82 Å². The summed E-state index contributed by atoms with van der Waals surface area (Å²) < 4.78 is 13.0. The Kier molecular flexibility index (Phi) is 6.39. The highest BCUT2D eigenvalue weighted by Gasteiger charge is 2.18. The van der Waals surface area contributed by atoms with Gasteiger partial charge in [0.1, 0.15) is 5.82 Å². The van der Waals surface area contributed by atoms with Crippen molar-refractivity contribution < 1.29 is 4.39 Å². The maximum absolute atomic E-state index is 13.0. The van der Waals surface area contributed by atoms with Crippen LogP contribution in [0.3, 0.4) is 0 Å². The second kappa shape index (κ2) is 8.29. The third-order valence-corrected chi connectivity index (χ3v) is 4.22. The molecule has 0 aliphatic carbocycles. The van der Waals surface area contributed by atoms with Gasteiger partial charge in [0.25, 0.3) is 0 Å². The van der Waals surface area contributed by atoms with Gasteiger partial charge in [-0.3, -0.25) is 0 Å². The summed E-state index contributed by atoms with van der Waals surface area (Å²) in [4.78, 5) is 6.65. The number of nitrogens with zero attached hydrogens (tertiary/aromatic N) is 3. The second-order valence-electron chi connectivity index (χ2n) is 5.84. The van der Waals surface area contributed by atoms with E-state index in [2.05, 4.69) is 34.1 Å². The molecule has 22 heavy (non-hydrogen) atoms. The summed E-state index contributed by atoms with van der Waals surface area (Å²) in [6.45, 7) is 5.59. The third-order valence-electron chi connectivity index (χ3n) is 3.82. The number of anilines is 1. The Hall–Kier alpha value is -1.40. The lowest BCUT2D eigenvalue weighted by Crippen LogP contribution is -2.52. The molecule has 1 heterocycles. The maximum Gasteiger partial charge on any atom is 0.169 e. The van der Waals surface area contributed by atoms with Crippen LogP contribution >= 0.6 is 12.2 Å². The molecule has 1 aromatic carbocycles. The molecule has 0 spiro atoms. The average Bonchev–Trinajstić information content (AvgIpc) is 2.52. The van der Waals surface area contributed by atoms with Crippen molar-refractivity contribution in [2.75, 3.05) is 58.3 Å². The van der Waals surface area contributed by atoms with Crippen LogP contribution in [0.15, 0.2) is 24.3 Å². The van der Waals surface area contributed by atoms with Crippen molar-refractivity contribution in [1.29, 1.82) is 0 Å². The summed E-state index contributed by atoms with van der Waals surface area (Å²) in [6, 6.07) is 6.70. The fourth-order valence-corrected chi connectivity index (χ4v) is 2.81. The molecule has 1 saturated heterocycles. The lowest BCUT2D eigenvalue weighted by Gasteiger charge is -2.37. The van der Waals surface area contributed by atoms with E-state index in [0.29, 0.717) is 0 Å². The van der Waals surface area contributed by atoms with Gasteiger partial charge in [0.05, 0.1) is 0 Å². The van der Waals surface area contributed by atoms with Crippen LogP contribution in [0.5, 0.6) is 0 Å². The largest absolute Gasteiger partial charge is 0.368 e. The summed E-state index contributed by atoms with van der Waals surface area (Å²) in [5.41, 5.74) is 1.07. The first kappa shape index (κ1) is 17.0. The summed E-state index contributed by atoms with van der Waals surface area (Å²) in [5, 5.41) is 4.18. The first-order valence-corrected chi connectivity index (χ1v) is 8.15. The van der Waals surface area contributed by atoms with Crippen molar-refractivity contribution >= 4 is 23.0 Å². The topological polar surface area (TPSA) is 21.8 Å². The van der Waals surface area contributed by atoms with Crippen LogP contribution in [0.4, 0.5) is 10.1 Å². The number of piperazine rings is 1. The number of halogens is 1. The Balaban J connectivity index is 1.72. The Bertz CT molecular complexity index is 470. The number of thiocarbonyl (C=S) groups is 1. The first-order chi connectivity index (χ1) is 10.6. The molecule has 4 nitrogen and oxygen atoms in total. The number of rotatable bonds is 5. The van der Waals surface area contributed by atoms with Crippen LogP contribution in [-0.2, 0) is 0 Å². The van der Waals surface area contributed by atoms with Gasteiger partial charge in [-0.2, -0.15) is 0 Å². The summed E-state index contributed by atoms with van der Waals surface area (Å²) >= 11 is 5.46. The monoisotopic (exact) mass is 324 g/mol. The molecule has 0 amide bonds. The van der Waals surface area contributed by atoms with Gasteiger partial charge < -0.3 is 20.0 Å². The van der Waals surface area contributed by atoms with E-state index < -0.39 is 0 Å². The van der Waals surface area contributed by atoms with Crippen LogP contribution in [0.25, 0.3) is 0 Å². The molecular formula is C16H25FN4S. The predicted molar refractivity (Wildman–Crippen MR) is 94.0 cm³/mol. The van der Waals surface area contributed by atoms with E-state index >= 15 is 0 Å². The minimum absolute atomic E-state index is 0.189. The number of benzene rings is 1. The van der Waals surface area contributed by atoms with Crippen molar-refractivity contribution in [3.63, 3.8) is 0 Å². The molecule has 1 N–H and O–H groups in total. The van der Waals surface area contributed by atoms with Crippen LogP contribution in [-0.4, -0.2) is 68.3 Å². The van der Waals surface area contributed by atoms with Gasteiger partial charge in [-0.1, -0.05) is 0 Å². The smallest absolute Gasteiger partial charge is 0.169 e. The van der Waals surface area contributed by atoms with E-state index in [0.717, 1.165) is 56.5 Å². The fourth-order valence-electron chi connectivity index (χ4n) is 2.52. The Morgan fingerprint density at radius 3 is 2.41 bits per heavy atom. The number of hydrogen-bond acceptors (Lipinski definition) is 3. The molecule has 1 fully saturated rings. The highest BCUT2D eigenvalue weighted by molar-refractivity contribution is 7.80. The molecule has 0 radical (unpaired) electrons. The third kappa shape index (κ3) is 5.10.